The molecule has 0 fully saturated rings. The summed E-state index contributed by atoms with van der Waals surface area (Å²) in [5, 5.41) is 0. The van der Waals surface area contributed by atoms with Crippen LogP contribution in [-0.2, 0) is 6.42 Å². The summed E-state index contributed by atoms with van der Waals surface area (Å²) in [6, 6.07) is 2.19. The number of allylic oxidation sites excluding steroid dienone is 3. The number of aromatic nitrogens is 1. The van der Waals surface area contributed by atoms with Crippen molar-refractivity contribution < 1.29 is 0 Å². The molecule has 0 unspecified atom stereocenters. The second kappa shape index (κ2) is 8.68. The molecule has 0 saturated heterocycles. The molecule has 0 amide bonds. The number of rotatable bonds is 4. The molecule has 0 aliphatic rings. The molecule has 1 heterocycles. The van der Waals surface area contributed by atoms with E-state index >= 15 is 0 Å². The van der Waals surface area contributed by atoms with E-state index in [9.17, 15) is 0 Å². The second-order valence-corrected chi connectivity index (χ2v) is 4.50. The summed E-state index contributed by atoms with van der Waals surface area (Å²) in [6.45, 7) is 16.7. The average Bonchev–Trinajstić information content (AvgIpc) is 2.40. The number of pyridine rings is 1. The molecule has 0 spiro atoms. The van der Waals surface area contributed by atoms with E-state index in [4.69, 9.17) is 0 Å². The fourth-order valence-corrected chi connectivity index (χ4v) is 1.47. The zero-order valence-electron chi connectivity index (χ0n) is 12.8. The van der Waals surface area contributed by atoms with Gasteiger partial charge in [-0.1, -0.05) is 38.5 Å². The number of nitrogens with zero attached hydrogens (tertiary/aromatic N) is 1. The zero-order valence-corrected chi connectivity index (χ0v) is 12.8. The molecule has 0 aromatic carbocycles. The zero-order chi connectivity index (χ0) is 14.1. The quantitative estimate of drug-likeness (QED) is 0.644. The van der Waals surface area contributed by atoms with E-state index in [-0.39, 0.29) is 0 Å². The van der Waals surface area contributed by atoms with Gasteiger partial charge in [0.2, 0.25) is 0 Å². The van der Waals surface area contributed by atoms with E-state index in [2.05, 4.69) is 45.3 Å². The molecule has 0 radical (unpaired) electrons. The van der Waals surface area contributed by atoms with Gasteiger partial charge >= 0.3 is 0 Å². The minimum atomic E-state index is 0.942. The van der Waals surface area contributed by atoms with Crippen LogP contribution in [0.3, 0.4) is 0 Å². The molecule has 0 atom stereocenters. The lowest BCUT2D eigenvalue weighted by molar-refractivity contribution is 1.09. The highest BCUT2D eigenvalue weighted by Gasteiger charge is 2.02. The minimum Gasteiger partial charge on any atom is -0.264 e. The standard InChI is InChI=1S/C15H21N.C2H6/c1-6-14-8-15(10-16-9-14)13(5)7-12(4)11(2)3;1-2/h8-10H,5-7H2,1-4H3;1-2H3. The van der Waals surface area contributed by atoms with Crippen LogP contribution < -0.4 is 0 Å². The van der Waals surface area contributed by atoms with E-state index in [1.54, 1.807) is 0 Å². The lowest BCUT2D eigenvalue weighted by Crippen LogP contribution is -1.90. The Kier molecular flexibility index (Phi) is 8.02. The number of hydrogen-bond donors (Lipinski definition) is 0. The molecule has 100 valence electrons. The molecule has 0 saturated carbocycles. The van der Waals surface area contributed by atoms with Crippen molar-refractivity contribution in [1.29, 1.82) is 0 Å². The van der Waals surface area contributed by atoms with Crippen molar-refractivity contribution in [2.24, 2.45) is 0 Å². The lowest BCUT2D eigenvalue weighted by Gasteiger charge is -2.08. The fourth-order valence-electron chi connectivity index (χ4n) is 1.47. The van der Waals surface area contributed by atoms with Crippen molar-refractivity contribution >= 4 is 5.57 Å². The Labute approximate surface area is 113 Å². The van der Waals surface area contributed by atoms with Crippen LogP contribution in [0.1, 0.15) is 59.1 Å². The fraction of sp³-hybridized carbons (Fsp3) is 0.471. The Balaban J connectivity index is 0.00000137. The summed E-state index contributed by atoms with van der Waals surface area (Å²) < 4.78 is 0. The lowest BCUT2D eigenvalue weighted by atomic mass is 9.98. The van der Waals surface area contributed by atoms with Crippen LogP contribution in [0.5, 0.6) is 0 Å². The Hall–Kier alpha value is -1.37. The van der Waals surface area contributed by atoms with Crippen LogP contribution >= 0.6 is 0 Å². The number of hydrogen-bond acceptors (Lipinski definition) is 1. The van der Waals surface area contributed by atoms with Crippen LogP contribution in [0, 0.1) is 0 Å². The molecule has 0 N–H and O–H groups in total. The SMILES string of the molecule is C=C(CC(C)=C(C)C)c1cncc(CC)c1.CC. The second-order valence-electron chi connectivity index (χ2n) is 4.50. The molecule has 0 aliphatic carbocycles. The summed E-state index contributed by atoms with van der Waals surface area (Å²) >= 11 is 0. The van der Waals surface area contributed by atoms with E-state index in [1.165, 1.54) is 22.3 Å². The summed E-state index contributed by atoms with van der Waals surface area (Å²) in [7, 11) is 0. The summed E-state index contributed by atoms with van der Waals surface area (Å²) in [5.74, 6) is 0. The predicted octanol–water partition coefficient (Wildman–Crippen LogP) is 5.43. The van der Waals surface area contributed by atoms with E-state index < -0.39 is 0 Å². The maximum Gasteiger partial charge on any atom is 0.0343 e. The maximum atomic E-state index is 4.25. The molecular weight excluding hydrogens is 218 g/mol. The first-order valence-corrected chi connectivity index (χ1v) is 6.79. The average molecular weight is 245 g/mol. The predicted molar refractivity (Wildman–Crippen MR) is 82.7 cm³/mol. The van der Waals surface area contributed by atoms with Gasteiger partial charge in [0.05, 0.1) is 0 Å². The minimum absolute atomic E-state index is 0.942. The van der Waals surface area contributed by atoms with Gasteiger partial charge < -0.3 is 0 Å². The van der Waals surface area contributed by atoms with Crippen molar-refractivity contribution in [1.82, 2.24) is 4.98 Å². The van der Waals surface area contributed by atoms with Gasteiger partial charge in [0.1, 0.15) is 0 Å². The van der Waals surface area contributed by atoms with Crippen LogP contribution in [0.15, 0.2) is 36.2 Å². The summed E-state index contributed by atoms with van der Waals surface area (Å²) in [6.07, 6.45) is 5.79. The van der Waals surface area contributed by atoms with Gasteiger partial charge in [-0.2, -0.15) is 0 Å². The Morgan fingerprint density at radius 2 is 1.78 bits per heavy atom. The third-order valence-electron chi connectivity index (χ3n) is 2.94. The van der Waals surface area contributed by atoms with Crippen LogP contribution in [0.4, 0.5) is 0 Å². The normalized spacial score (nSPS) is 9.22. The Morgan fingerprint density at radius 1 is 1.17 bits per heavy atom. The summed E-state index contributed by atoms with van der Waals surface area (Å²) in [4.78, 5) is 4.25. The maximum absolute atomic E-state index is 4.25. The smallest absolute Gasteiger partial charge is 0.0343 e. The molecule has 1 nitrogen and oxygen atoms in total. The van der Waals surface area contributed by atoms with Gasteiger partial charge in [-0.3, -0.25) is 4.98 Å². The van der Waals surface area contributed by atoms with Crippen LogP contribution in [0.25, 0.3) is 5.57 Å². The molecule has 0 bridgehead atoms. The highest BCUT2D eigenvalue weighted by molar-refractivity contribution is 5.65. The molecule has 0 aliphatic heterocycles. The molecule has 18 heavy (non-hydrogen) atoms. The molecule has 1 rings (SSSR count). The Morgan fingerprint density at radius 3 is 2.28 bits per heavy atom. The Bertz CT molecular complexity index is 409. The van der Waals surface area contributed by atoms with Gasteiger partial charge in [0.15, 0.2) is 0 Å². The molecule has 1 aromatic rings. The number of aryl methyl sites for hydroxylation is 1. The first-order valence-electron chi connectivity index (χ1n) is 6.79. The van der Waals surface area contributed by atoms with Gasteiger partial charge in [0, 0.05) is 12.4 Å². The van der Waals surface area contributed by atoms with Gasteiger partial charge in [-0.25, -0.2) is 0 Å². The molecular formula is C17H27N. The van der Waals surface area contributed by atoms with E-state index in [0.29, 0.717) is 0 Å². The molecule has 1 heteroatoms. The first-order chi connectivity index (χ1) is 8.54. The first kappa shape index (κ1) is 16.6. The van der Waals surface area contributed by atoms with Gasteiger partial charge in [-0.05, 0) is 56.4 Å². The van der Waals surface area contributed by atoms with Crippen LogP contribution in [0.2, 0.25) is 0 Å². The van der Waals surface area contributed by atoms with Crippen LogP contribution in [-0.4, -0.2) is 4.98 Å². The van der Waals surface area contributed by atoms with Crippen molar-refractivity contribution in [3.63, 3.8) is 0 Å². The van der Waals surface area contributed by atoms with E-state index in [0.717, 1.165) is 18.4 Å². The van der Waals surface area contributed by atoms with Crippen molar-refractivity contribution in [2.45, 2.75) is 54.4 Å². The van der Waals surface area contributed by atoms with Crippen molar-refractivity contribution in [2.75, 3.05) is 0 Å². The van der Waals surface area contributed by atoms with Crippen molar-refractivity contribution in [3.8, 4) is 0 Å². The monoisotopic (exact) mass is 245 g/mol. The molecule has 1 aromatic heterocycles. The third kappa shape index (κ3) is 5.31. The third-order valence-corrected chi connectivity index (χ3v) is 2.94. The van der Waals surface area contributed by atoms with Gasteiger partial charge in [0.25, 0.3) is 0 Å². The largest absolute Gasteiger partial charge is 0.264 e. The topological polar surface area (TPSA) is 12.9 Å². The van der Waals surface area contributed by atoms with E-state index in [1.807, 2.05) is 26.2 Å². The summed E-state index contributed by atoms with van der Waals surface area (Å²) in [5.41, 5.74) is 6.36. The highest BCUT2D eigenvalue weighted by Crippen LogP contribution is 2.22. The van der Waals surface area contributed by atoms with Gasteiger partial charge in [-0.15, -0.1) is 0 Å². The van der Waals surface area contributed by atoms with Crippen molar-refractivity contribution in [3.05, 3.63) is 47.3 Å². The highest BCUT2D eigenvalue weighted by atomic mass is 14.6.